The van der Waals surface area contributed by atoms with Crippen molar-refractivity contribution >= 4 is 27.4 Å². The van der Waals surface area contributed by atoms with E-state index >= 15 is 0 Å². The molecule has 3 rings (SSSR count). The highest BCUT2D eigenvalue weighted by molar-refractivity contribution is 9.10. The molecule has 0 spiro atoms. The molecule has 2 heterocycles. The first kappa shape index (κ1) is 15.2. The monoisotopic (exact) mass is 367 g/mol. The van der Waals surface area contributed by atoms with Crippen LogP contribution in [0.2, 0.25) is 0 Å². The van der Waals surface area contributed by atoms with E-state index in [4.69, 9.17) is 0 Å². The molecule has 116 valence electrons. The van der Waals surface area contributed by atoms with E-state index < -0.39 is 11.6 Å². The number of halogens is 3. The molecule has 1 aliphatic rings. The molecule has 1 saturated heterocycles. The lowest BCUT2D eigenvalue weighted by Gasteiger charge is -2.19. The van der Waals surface area contributed by atoms with Crippen LogP contribution in [0.15, 0.2) is 41.0 Å². The summed E-state index contributed by atoms with van der Waals surface area (Å²) in [7, 11) is 0. The van der Waals surface area contributed by atoms with Gasteiger partial charge in [-0.1, -0.05) is 0 Å². The van der Waals surface area contributed by atoms with Gasteiger partial charge < -0.3 is 10.2 Å². The standard InChI is InChI=1S/C16H16BrF2N3/c17-12-1-4-16(21-9-12)20-8-11-5-6-22(10-11)13-2-3-14(18)15(19)7-13/h1-4,7,9,11H,5-6,8,10H2,(H,20,21). The number of anilines is 2. The third-order valence-corrected chi connectivity index (χ3v) is 4.32. The van der Waals surface area contributed by atoms with Gasteiger partial charge in [0.15, 0.2) is 11.6 Å². The zero-order valence-electron chi connectivity index (χ0n) is 11.9. The Morgan fingerprint density at radius 2 is 2.09 bits per heavy atom. The van der Waals surface area contributed by atoms with Gasteiger partial charge in [0, 0.05) is 42.1 Å². The third-order valence-electron chi connectivity index (χ3n) is 3.85. The quantitative estimate of drug-likeness (QED) is 0.882. The topological polar surface area (TPSA) is 28.2 Å². The molecule has 1 unspecified atom stereocenters. The minimum Gasteiger partial charge on any atom is -0.371 e. The molecular formula is C16H16BrF2N3. The summed E-state index contributed by atoms with van der Waals surface area (Å²) in [6.07, 6.45) is 2.77. The highest BCUT2D eigenvalue weighted by Crippen LogP contribution is 2.25. The minimum atomic E-state index is -0.803. The van der Waals surface area contributed by atoms with Crippen LogP contribution in [0.25, 0.3) is 0 Å². The highest BCUT2D eigenvalue weighted by Gasteiger charge is 2.23. The van der Waals surface area contributed by atoms with E-state index in [0.717, 1.165) is 42.0 Å². The van der Waals surface area contributed by atoms with E-state index in [1.807, 2.05) is 12.1 Å². The average Bonchev–Trinajstić information content (AvgIpc) is 2.98. The zero-order chi connectivity index (χ0) is 15.5. The number of pyridine rings is 1. The van der Waals surface area contributed by atoms with E-state index in [0.29, 0.717) is 5.92 Å². The van der Waals surface area contributed by atoms with Gasteiger partial charge in [-0.3, -0.25) is 0 Å². The second-order valence-corrected chi connectivity index (χ2v) is 6.36. The van der Waals surface area contributed by atoms with E-state index in [1.165, 1.54) is 12.1 Å². The van der Waals surface area contributed by atoms with Gasteiger partial charge in [-0.2, -0.15) is 0 Å². The Hall–Kier alpha value is -1.69. The van der Waals surface area contributed by atoms with Crippen LogP contribution in [0.4, 0.5) is 20.3 Å². The van der Waals surface area contributed by atoms with Crippen LogP contribution >= 0.6 is 15.9 Å². The van der Waals surface area contributed by atoms with Crippen LogP contribution in [0.5, 0.6) is 0 Å². The Morgan fingerprint density at radius 1 is 1.23 bits per heavy atom. The van der Waals surface area contributed by atoms with Crippen LogP contribution in [0, 0.1) is 17.6 Å². The van der Waals surface area contributed by atoms with Crippen LogP contribution in [0.1, 0.15) is 6.42 Å². The molecule has 0 aliphatic carbocycles. The van der Waals surface area contributed by atoms with Crippen LogP contribution < -0.4 is 10.2 Å². The van der Waals surface area contributed by atoms with Crippen molar-refractivity contribution in [1.29, 1.82) is 0 Å². The summed E-state index contributed by atoms with van der Waals surface area (Å²) in [6.45, 7) is 2.49. The number of rotatable bonds is 4. The summed E-state index contributed by atoms with van der Waals surface area (Å²) in [4.78, 5) is 6.36. The highest BCUT2D eigenvalue weighted by atomic mass is 79.9. The molecule has 22 heavy (non-hydrogen) atoms. The molecule has 3 nitrogen and oxygen atoms in total. The molecule has 6 heteroatoms. The Kier molecular flexibility index (Phi) is 4.57. The van der Waals surface area contributed by atoms with Gasteiger partial charge in [0.1, 0.15) is 5.82 Å². The third kappa shape index (κ3) is 3.55. The number of benzene rings is 1. The van der Waals surface area contributed by atoms with Crippen molar-refractivity contribution < 1.29 is 8.78 Å². The van der Waals surface area contributed by atoms with Gasteiger partial charge in [0.2, 0.25) is 0 Å². The molecule has 1 atom stereocenters. The fourth-order valence-electron chi connectivity index (χ4n) is 2.64. The second kappa shape index (κ2) is 6.60. The van der Waals surface area contributed by atoms with E-state index in [1.54, 1.807) is 12.3 Å². The van der Waals surface area contributed by atoms with Gasteiger partial charge in [0.05, 0.1) is 0 Å². The molecule has 0 amide bonds. The normalized spacial score (nSPS) is 17.8. The first-order valence-corrected chi connectivity index (χ1v) is 7.96. The van der Waals surface area contributed by atoms with Crippen molar-refractivity contribution in [2.24, 2.45) is 5.92 Å². The summed E-state index contributed by atoms with van der Waals surface area (Å²) in [5, 5.41) is 3.31. The summed E-state index contributed by atoms with van der Waals surface area (Å²) in [5.74, 6) is -0.298. The smallest absolute Gasteiger partial charge is 0.160 e. The summed E-state index contributed by atoms with van der Waals surface area (Å²) in [6, 6.07) is 7.94. The predicted octanol–water partition coefficient (Wildman–Crippen LogP) is 4.06. The van der Waals surface area contributed by atoms with Gasteiger partial charge in [-0.25, -0.2) is 13.8 Å². The first-order chi connectivity index (χ1) is 10.6. The van der Waals surface area contributed by atoms with Crippen molar-refractivity contribution in [3.8, 4) is 0 Å². The van der Waals surface area contributed by atoms with Crippen molar-refractivity contribution in [3.05, 3.63) is 52.6 Å². The van der Waals surface area contributed by atoms with E-state index in [2.05, 4.69) is 31.1 Å². The molecule has 0 radical (unpaired) electrons. The van der Waals surface area contributed by atoms with E-state index in [-0.39, 0.29) is 0 Å². The molecule has 1 fully saturated rings. The zero-order valence-corrected chi connectivity index (χ0v) is 13.5. The second-order valence-electron chi connectivity index (χ2n) is 5.44. The molecule has 2 aromatic rings. The summed E-state index contributed by atoms with van der Waals surface area (Å²) >= 11 is 3.35. The fraction of sp³-hybridized carbons (Fsp3) is 0.312. The molecular weight excluding hydrogens is 352 g/mol. The average molecular weight is 368 g/mol. The van der Waals surface area contributed by atoms with Crippen molar-refractivity contribution in [2.75, 3.05) is 29.9 Å². The van der Waals surface area contributed by atoms with Crippen molar-refractivity contribution in [1.82, 2.24) is 4.98 Å². The predicted molar refractivity (Wildman–Crippen MR) is 87.1 cm³/mol. The molecule has 1 aromatic heterocycles. The number of hydrogen-bond donors (Lipinski definition) is 1. The summed E-state index contributed by atoms with van der Waals surface area (Å²) < 4.78 is 27.2. The molecule has 0 saturated carbocycles. The van der Waals surface area contributed by atoms with Gasteiger partial charge in [0.25, 0.3) is 0 Å². The lowest BCUT2D eigenvalue weighted by Crippen LogP contribution is -2.22. The largest absolute Gasteiger partial charge is 0.371 e. The molecule has 1 aliphatic heterocycles. The van der Waals surface area contributed by atoms with Crippen LogP contribution in [-0.4, -0.2) is 24.6 Å². The number of aromatic nitrogens is 1. The molecule has 1 aromatic carbocycles. The van der Waals surface area contributed by atoms with Gasteiger partial charge in [-0.15, -0.1) is 0 Å². The maximum absolute atomic E-state index is 13.3. The van der Waals surface area contributed by atoms with Crippen LogP contribution in [-0.2, 0) is 0 Å². The SMILES string of the molecule is Fc1ccc(N2CCC(CNc3ccc(Br)cn3)C2)cc1F. The summed E-state index contributed by atoms with van der Waals surface area (Å²) in [5.41, 5.74) is 0.739. The molecule has 0 bridgehead atoms. The van der Waals surface area contributed by atoms with E-state index in [9.17, 15) is 8.78 Å². The van der Waals surface area contributed by atoms with Gasteiger partial charge in [-0.05, 0) is 52.5 Å². The van der Waals surface area contributed by atoms with Crippen molar-refractivity contribution in [2.45, 2.75) is 6.42 Å². The van der Waals surface area contributed by atoms with Gasteiger partial charge >= 0.3 is 0 Å². The lowest BCUT2D eigenvalue weighted by atomic mass is 10.1. The van der Waals surface area contributed by atoms with Crippen LogP contribution in [0.3, 0.4) is 0 Å². The fourth-order valence-corrected chi connectivity index (χ4v) is 2.88. The maximum Gasteiger partial charge on any atom is 0.160 e. The minimum absolute atomic E-state index is 0.457. The first-order valence-electron chi connectivity index (χ1n) is 7.17. The number of nitrogens with zero attached hydrogens (tertiary/aromatic N) is 2. The Balaban J connectivity index is 1.55. The van der Waals surface area contributed by atoms with Crippen molar-refractivity contribution in [3.63, 3.8) is 0 Å². The number of nitrogens with one attached hydrogen (secondary N) is 1. The Morgan fingerprint density at radius 3 is 2.82 bits per heavy atom. The number of hydrogen-bond acceptors (Lipinski definition) is 3. The molecule has 1 N–H and O–H groups in total. The Labute approximate surface area is 136 Å². The maximum atomic E-state index is 13.3. The Bertz CT molecular complexity index is 648. The lowest BCUT2D eigenvalue weighted by molar-refractivity contribution is 0.508.